The third-order valence-corrected chi connectivity index (χ3v) is 8.79. The van der Waals surface area contributed by atoms with Gasteiger partial charge in [0.25, 0.3) is 0 Å². The monoisotopic (exact) mass is 587 g/mol. The van der Waals surface area contributed by atoms with Gasteiger partial charge < -0.3 is 4.42 Å². The summed E-state index contributed by atoms with van der Waals surface area (Å²) in [6.07, 6.45) is 0. The zero-order chi connectivity index (χ0) is 33.4. The Morgan fingerprint density at radius 2 is 1.27 bits per heavy atom. The molecule has 0 atom stereocenters. The highest BCUT2D eigenvalue weighted by Crippen LogP contribution is 2.41. The van der Waals surface area contributed by atoms with Gasteiger partial charge in [0.1, 0.15) is 5.52 Å². The average Bonchev–Trinajstić information content (AvgIpc) is 3.76. The van der Waals surface area contributed by atoms with Crippen molar-refractivity contribution in [2.75, 3.05) is 0 Å². The van der Waals surface area contributed by atoms with Crippen LogP contribution in [0.25, 0.3) is 87.7 Å². The van der Waals surface area contributed by atoms with Gasteiger partial charge in [0.2, 0.25) is 5.89 Å². The third-order valence-electron chi connectivity index (χ3n) is 7.65. The lowest BCUT2D eigenvalue weighted by atomic mass is 10.0. The van der Waals surface area contributed by atoms with Crippen LogP contribution in [0.3, 0.4) is 0 Å². The van der Waals surface area contributed by atoms with Crippen LogP contribution in [0.15, 0.2) is 138 Å². The van der Waals surface area contributed by atoms with Crippen LogP contribution in [-0.2, 0) is 0 Å². The maximum Gasteiger partial charge on any atom is 0.227 e. The molecule has 0 unspecified atom stereocenters. The Hall–Kier alpha value is -5.72. The Labute approximate surface area is 263 Å². The van der Waals surface area contributed by atoms with Crippen LogP contribution >= 0.6 is 11.3 Å². The number of nitrogens with zero attached hydrogens (tertiary/aromatic N) is 4. The Bertz CT molecular complexity index is 2770. The molecule has 0 aliphatic carbocycles. The van der Waals surface area contributed by atoms with Gasteiger partial charge in [-0.15, -0.1) is 11.3 Å². The number of aromatic nitrogens is 4. The number of thiophene rings is 1. The highest BCUT2D eigenvalue weighted by Gasteiger charge is 2.21. The van der Waals surface area contributed by atoms with E-state index in [0.717, 1.165) is 42.1 Å². The molecule has 6 heteroatoms. The lowest BCUT2D eigenvalue weighted by Gasteiger charge is -2.10. The van der Waals surface area contributed by atoms with Crippen molar-refractivity contribution in [3.63, 3.8) is 0 Å². The fraction of sp³-hybridized carbons (Fsp3) is 0. The van der Waals surface area contributed by atoms with Gasteiger partial charge in [0, 0.05) is 47.8 Å². The molecule has 0 saturated carbocycles. The molecule has 9 aromatic rings. The van der Waals surface area contributed by atoms with Crippen LogP contribution in [0.1, 0.15) is 6.85 Å². The first-order chi connectivity index (χ1) is 23.9. The smallest absolute Gasteiger partial charge is 0.227 e. The van der Waals surface area contributed by atoms with Crippen LogP contribution in [0.5, 0.6) is 0 Å². The van der Waals surface area contributed by atoms with Crippen LogP contribution in [-0.4, -0.2) is 19.9 Å². The maximum atomic E-state index is 8.78. The first-order valence-corrected chi connectivity index (χ1v) is 14.8. The molecule has 5 nitrogen and oxygen atoms in total. The van der Waals surface area contributed by atoms with E-state index >= 15 is 0 Å². The maximum absolute atomic E-state index is 8.78. The van der Waals surface area contributed by atoms with Gasteiger partial charge in [0.05, 0.1) is 6.85 Å². The summed E-state index contributed by atoms with van der Waals surface area (Å²) in [5.74, 6) is 0.922. The summed E-state index contributed by atoms with van der Waals surface area (Å²) < 4.78 is 51.1. The molecule has 0 aliphatic rings. The molecule has 6 aromatic carbocycles. The summed E-state index contributed by atoms with van der Waals surface area (Å²) >= 11 is 1.66. The second-order valence-electron chi connectivity index (χ2n) is 10.3. The highest BCUT2D eigenvalue weighted by atomic mass is 32.1. The van der Waals surface area contributed by atoms with Gasteiger partial charge in [-0.2, -0.15) is 0 Å². The lowest BCUT2D eigenvalue weighted by Crippen LogP contribution is -2.01. The molecule has 0 bridgehead atoms. The summed E-state index contributed by atoms with van der Waals surface area (Å²) in [6, 6.07) is 31.2. The Kier molecular flexibility index (Phi) is 4.57. The van der Waals surface area contributed by atoms with Crippen molar-refractivity contribution >= 4 is 53.4 Å². The molecule has 0 N–H and O–H groups in total. The summed E-state index contributed by atoms with van der Waals surface area (Å²) in [6.45, 7) is 0. The van der Waals surface area contributed by atoms with Crippen molar-refractivity contribution < 1.29 is 11.3 Å². The quantitative estimate of drug-likeness (QED) is 0.205. The largest absolute Gasteiger partial charge is 0.435 e. The first kappa shape index (κ1) is 20.2. The molecule has 206 valence electrons. The number of benzene rings is 6. The van der Waals surface area contributed by atoms with Crippen molar-refractivity contribution in [2.24, 2.45) is 0 Å². The van der Waals surface area contributed by atoms with E-state index in [-0.39, 0.29) is 17.2 Å². The number of hydrogen-bond acceptors (Lipinski definition) is 6. The SMILES string of the molecule is [2H]c1c([2H])c([2H])c(-c2nc(-c3cc4ccccc4c4oc(-c5ccccc5)nc34)nc(-c3cccc4sc5ccccc5c34)n2)c([2H])c1[2H]. The van der Waals surface area contributed by atoms with E-state index in [9.17, 15) is 0 Å². The van der Waals surface area contributed by atoms with Gasteiger partial charge in [-0.1, -0.05) is 103 Å². The van der Waals surface area contributed by atoms with Crippen molar-refractivity contribution in [1.29, 1.82) is 0 Å². The van der Waals surface area contributed by atoms with Crippen molar-refractivity contribution in [3.8, 4) is 45.6 Å². The molecule has 0 fully saturated rings. The topological polar surface area (TPSA) is 64.7 Å². The minimum absolute atomic E-state index is 0.0402. The van der Waals surface area contributed by atoms with Crippen molar-refractivity contribution in [2.45, 2.75) is 0 Å². The average molecular weight is 588 g/mol. The summed E-state index contributed by atoms with van der Waals surface area (Å²) in [4.78, 5) is 19.7. The van der Waals surface area contributed by atoms with E-state index < -0.39 is 30.2 Å². The van der Waals surface area contributed by atoms with Gasteiger partial charge >= 0.3 is 0 Å². The number of oxazole rings is 1. The normalized spacial score (nSPS) is 13.2. The minimum Gasteiger partial charge on any atom is -0.435 e. The van der Waals surface area contributed by atoms with Gasteiger partial charge in [-0.3, -0.25) is 0 Å². The molecule has 3 heterocycles. The molecule has 0 amide bonds. The minimum atomic E-state index is -0.491. The Balaban J connectivity index is 1.39. The number of rotatable bonds is 4. The molecule has 0 spiro atoms. The van der Waals surface area contributed by atoms with Gasteiger partial charge in [-0.25, -0.2) is 19.9 Å². The Morgan fingerprint density at radius 3 is 2.14 bits per heavy atom. The van der Waals surface area contributed by atoms with Gasteiger partial charge in [0.15, 0.2) is 23.1 Å². The van der Waals surface area contributed by atoms with E-state index in [0.29, 0.717) is 28.4 Å². The zero-order valence-corrected chi connectivity index (χ0v) is 23.7. The van der Waals surface area contributed by atoms with Gasteiger partial charge in [-0.05, 0) is 35.7 Å². The highest BCUT2D eigenvalue weighted by molar-refractivity contribution is 7.25. The molecular weight excluding hydrogens is 561 g/mol. The van der Waals surface area contributed by atoms with Crippen LogP contribution < -0.4 is 0 Å². The molecule has 44 heavy (non-hydrogen) atoms. The fourth-order valence-corrected chi connectivity index (χ4v) is 6.80. The van der Waals surface area contributed by atoms with E-state index in [2.05, 4.69) is 18.2 Å². The van der Waals surface area contributed by atoms with E-state index in [1.54, 1.807) is 11.3 Å². The second-order valence-corrected chi connectivity index (χ2v) is 11.4. The predicted octanol–water partition coefficient (Wildman–Crippen LogP) is 10.2. The molecule has 3 aromatic heterocycles. The van der Waals surface area contributed by atoms with Crippen LogP contribution in [0.4, 0.5) is 0 Å². The summed E-state index contributed by atoms with van der Waals surface area (Å²) in [5, 5.41) is 3.74. The van der Waals surface area contributed by atoms with E-state index in [1.165, 1.54) is 0 Å². The Morgan fingerprint density at radius 1 is 0.568 bits per heavy atom. The first-order valence-electron chi connectivity index (χ1n) is 16.5. The van der Waals surface area contributed by atoms with Crippen molar-refractivity contribution in [3.05, 3.63) is 133 Å². The summed E-state index contributed by atoms with van der Waals surface area (Å²) in [5.41, 5.74) is 3.07. The van der Waals surface area contributed by atoms with E-state index in [1.807, 2.05) is 84.9 Å². The molecular formula is C38H22N4OS. The third kappa shape index (κ3) is 4.00. The van der Waals surface area contributed by atoms with Crippen LogP contribution in [0, 0.1) is 0 Å². The summed E-state index contributed by atoms with van der Waals surface area (Å²) in [7, 11) is 0. The second kappa shape index (κ2) is 9.93. The molecule has 9 rings (SSSR count). The number of fused-ring (bicyclic) bond motifs is 6. The number of hydrogen-bond donors (Lipinski definition) is 0. The predicted molar refractivity (Wildman–Crippen MR) is 180 cm³/mol. The fourth-order valence-electron chi connectivity index (χ4n) is 5.66. The lowest BCUT2D eigenvalue weighted by molar-refractivity contribution is 0.623. The standard InChI is InChI=1S/C38H22N4OS/c1-3-12-23(13-4-1)35-40-36(28-19-11-21-31-32(28)27-18-9-10-20-30(27)44-31)42-37(41-35)29-22-25-16-7-8-17-26(25)34-33(29)39-38(43-34)24-14-5-2-6-15-24/h1-22H/i1D,3D,4D,12D,13D. The molecule has 0 aliphatic heterocycles. The van der Waals surface area contributed by atoms with E-state index in [4.69, 9.17) is 31.2 Å². The van der Waals surface area contributed by atoms with Crippen molar-refractivity contribution in [1.82, 2.24) is 19.9 Å². The zero-order valence-electron chi connectivity index (χ0n) is 27.9. The molecule has 0 radical (unpaired) electrons. The van der Waals surface area contributed by atoms with Crippen LogP contribution in [0.2, 0.25) is 0 Å². The molecule has 0 saturated heterocycles.